The Labute approximate surface area is 132 Å². The fraction of sp³-hybridized carbons (Fsp3) is 0.533. The third-order valence-corrected chi connectivity index (χ3v) is 6.03. The van der Waals surface area contributed by atoms with Crippen molar-refractivity contribution in [2.45, 2.75) is 55.9 Å². The van der Waals surface area contributed by atoms with E-state index in [4.69, 9.17) is 18.0 Å². The molecule has 0 spiro atoms. The molecule has 0 unspecified atom stereocenters. The van der Waals surface area contributed by atoms with E-state index in [1.54, 1.807) is 24.3 Å². The first-order valence-electron chi connectivity index (χ1n) is 7.26. The van der Waals surface area contributed by atoms with Crippen molar-refractivity contribution in [3.8, 4) is 0 Å². The van der Waals surface area contributed by atoms with E-state index in [1.807, 2.05) is 6.92 Å². The summed E-state index contributed by atoms with van der Waals surface area (Å²) in [5, 5.41) is 0. The van der Waals surface area contributed by atoms with Gasteiger partial charge >= 0.3 is 0 Å². The molecule has 0 amide bonds. The van der Waals surface area contributed by atoms with Gasteiger partial charge in [0, 0.05) is 0 Å². The molecule has 3 N–H and O–H groups in total. The maximum Gasteiger partial charge on any atom is 0.241 e. The van der Waals surface area contributed by atoms with Gasteiger partial charge in [-0.15, -0.1) is 0 Å². The number of nitrogens with one attached hydrogen (secondary N) is 1. The Balaban J connectivity index is 2.31. The van der Waals surface area contributed by atoms with Gasteiger partial charge in [-0.25, -0.2) is 8.42 Å². The fourth-order valence-corrected chi connectivity index (χ4v) is 4.52. The zero-order chi connectivity index (χ0) is 15.5. The van der Waals surface area contributed by atoms with Gasteiger partial charge in [0.15, 0.2) is 0 Å². The zero-order valence-electron chi connectivity index (χ0n) is 12.3. The van der Waals surface area contributed by atoms with Crippen LogP contribution in [-0.2, 0) is 10.0 Å². The van der Waals surface area contributed by atoms with Crippen LogP contribution in [0.2, 0.25) is 0 Å². The Bertz CT molecular complexity index is 601. The van der Waals surface area contributed by atoms with Gasteiger partial charge in [-0.05, 0) is 31.9 Å². The second-order valence-electron chi connectivity index (χ2n) is 5.78. The van der Waals surface area contributed by atoms with Crippen LogP contribution in [0.15, 0.2) is 29.2 Å². The number of benzene rings is 1. The van der Waals surface area contributed by atoms with Crippen molar-refractivity contribution < 1.29 is 8.42 Å². The van der Waals surface area contributed by atoms with E-state index in [0.717, 1.165) is 31.2 Å². The molecule has 1 aliphatic carbocycles. The Morgan fingerprint density at radius 3 is 2.14 bits per heavy atom. The summed E-state index contributed by atoms with van der Waals surface area (Å²) in [4.78, 5) is 0.507. The molecular weight excluding hydrogens is 304 g/mol. The highest BCUT2D eigenvalue weighted by molar-refractivity contribution is 7.89. The summed E-state index contributed by atoms with van der Waals surface area (Å²) in [6.45, 7) is 1.92. The van der Waals surface area contributed by atoms with Gasteiger partial charge in [0.05, 0.1) is 15.4 Å². The van der Waals surface area contributed by atoms with Gasteiger partial charge in [0.25, 0.3) is 0 Å². The molecule has 0 aliphatic heterocycles. The van der Waals surface area contributed by atoms with Gasteiger partial charge < -0.3 is 5.73 Å². The Kier molecular flexibility index (Phi) is 5.01. The van der Waals surface area contributed by atoms with Crippen molar-refractivity contribution in [1.29, 1.82) is 0 Å². The van der Waals surface area contributed by atoms with Crippen molar-refractivity contribution in [1.82, 2.24) is 4.72 Å². The molecule has 6 heteroatoms. The summed E-state index contributed by atoms with van der Waals surface area (Å²) < 4.78 is 28.0. The van der Waals surface area contributed by atoms with Crippen molar-refractivity contribution >= 4 is 27.2 Å². The van der Waals surface area contributed by atoms with Crippen LogP contribution in [0.4, 0.5) is 0 Å². The second kappa shape index (κ2) is 6.42. The third-order valence-electron chi connectivity index (χ3n) is 4.09. The van der Waals surface area contributed by atoms with Crippen LogP contribution in [-0.4, -0.2) is 18.9 Å². The average Bonchev–Trinajstić information content (AvgIpc) is 2.65. The highest BCUT2D eigenvalue weighted by Gasteiger charge is 2.38. The standard InChI is InChI=1S/C15H22N2O2S2/c1-12-6-8-13(9-7-12)21(18,19)17-15(14(16)20)10-4-2-3-5-11-15/h6-9,17H,2-5,10-11H2,1H3,(H2,16,20). The SMILES string of the molecule is Cc1ccc(S(=O)(=O)NC2(C(N)=S)CCCCCC2)cc1. The fourth-order valence-electron chi connectivity index (χ4n) is 2.76. The lowest BCUT2D eigenvalue weighted by molar-refractivity contribution is 0.441. The molecule has 2 rings (SSSR count). The number of sulfonamides is 1. The minimum Gasteiger partial charge on any atom is -0.392 e. The van der Waals surface area contributed by atoms with Gasteiger partial charge in [0.2, 0.25) is 10.0 Å². The molecule has 0 radical (unpaired) electrons. The van der Waals surface area contributed by atoms with E-state index in [9.17, 15) is 8.42 Å². The molecule has 21 heavy (non-hydrogen) atoms. The minimum atomic E-state index is -3.61. The van der Waals surface area contributed by atoms with E-state index in [0.29, 0.717) is 12.8 Å². The van der Waals surface area contributed by atoms with Gasteiger partial charge in [0.1, 0.15) is 0 Å². The molecule has 1 aromatic carbocycles. The second-order valence-corrected chi connectivity index (χ2v) is 7.90. The number of hydrogen-bond donors (Lipinski definition) is 2. The van der Waals surface area contributed by atoms with Crippen LogP contribution in [0.25, 0.3) is 0 Å². The van der Waals surface area contributed by atoms with E-state index >= 15 is 0 Å². The lowest BCUT2D eigenvalue weighted by Gasteiger charge is -2.32. The molecule has 1 saturated carbocycles. The van der Waals surface area contributed by atoms with Crippen molar-refractivity contribution in [2.75, 3.05) is 0 Å². The molecule has 1 aliphatic rings. The maximum atomic E-state index is 12.6. The zero-order valence-corrected chi connectivity index (χ0v) is 13.9. The molecule has 0 bridgehead atoms. The first-order chi connectivity index (χ1) is 9.86. The summed E-state index contributed by atoms with van der Waals surface area (Å²) in [5.41, 5.74) is 6.12. The summed E-state index contributed by atoms with van der Waals surface area (Å²) in [6, 6.07) is 6.80. The van der Waals surface area contributed by atoms with Crippen molar-refractivity contribution in [2.24, 2.45) is 5.73 Å². The summed E-state index contributed by atoms with van der Waals surface area (Å²) in [7, 11) is -3.61. The molecule has 1 aromatic rings. The summed E-state index contributed by atoms with van der Waals surface area (Å²) >= 11 is 5.18. The highest BCUT2D eigenvalue weighted by Crippen LogP contribution is 2.29. The van der Waals surface area contributed by atoms with Crippen molar-refractivity contribution in [3.05, 3.63) is 29.8 Å². The molecule has 1 fully saturated rings. The number of rotatable bonds is 4. The van der Waals surface area contributed by atoms with Gasteiger partial charge in [-0.3, -0.25) is 0 Å². The molecule has 0 atom stereocenters. The number of aryl methyl sites for hydroxylation is 1. The third kappa shape index (κ3) is 3.81. The molecular formula is C15H22N2O2S2. The van der Waals surface area contributed by atoms with Gasteiger partial charge in [-0.1, -0.05) is 55.6 Å². The number of nitrogens with two attached hydrogens (primary N) is 1. The van der Waals surface area contributed by atoms with E-state index in [2.05, 4.69) is 4.72 Å². The maximum absolute atomic E-state index is 12.6. The smallest absolute Gasteiger partial charge is 0.241 e. The molecule has 0 aromatic heterocycles. The number of thiocarbonyl (C=S) groups is 1. The van der Waals surface area contributed by atoms with Crippen LogP contribution in [0.5, 0.6) is 0 Å². The Morgan fingerprint density at radius 1 is 1.14 bits per heavy atom. The summed E-state index contributed by atoms with van der Waals surface area (Å²) in [5.74, 6) is 0. The van der Waals surface area contributed by atoms with Crippen LogP contribution in [0.3, 0.4) is 0 Å². The monoisotopic (exact) mass is 326 g/mol. The lowest BCUT2D eigenvalue weighted by atomic mass is 9.91. The molecule has 0 saturated heterocycles. The summed E-state index contributed by atoms with van der Waals surface area (Å²) in [6.07, 6.45) is 5.41. The van der Waals surface area contributed by atoms with Crippen LogP contribution in [0, 0.1) is 6.92 Å². The predicted octanol–water partition coefficient (Wildman–Crippen LogP) is 2.65. The average molecular weight is 326 g/mol. The topological polar surface area (TPSA) is 72.2 Å². The lowest BCUT2D eigenvalue weighted by Crippen LogP contribution is -2.56. The Morgan fingerprint density at radius 2 is 1.67 bits per heavy atom. The van der Waals surface area contributed by atoms with E-state index < -0.39 is 15.6 Å². The highest BCUT2D eigenvalue weighted by atomic mass is 32.2. The van der Waals surface area contributed by atoms with Crippen LogP contribution >= 0.6 is 12.2 Å². The first-order valence-corrected chi connectivity index (χ1v) is 9.15. The van der Waals surface area contributed by atoms with E-state index in [1.165, 1.54) is 0 Å². The predicted molar refractivity (Wildman–Crippen MR) is 88.7 cm³/mol. The van der Waals surface area contributed by atoms with Gasteiger partial charge in [-0.2, -0.15) is 4.72 Å². The Hall–Kier alpha value is -0.980. The van der Waals surface area contributed by atoms with E-state index in [-0.39, 0.29) is 9.88 Å². The molecule has 116 valence electrons. The molecule has 0 heterocycles. The molecule has 4 nitrogen and oxygen atoms in total. The first kappa shape index (κ1) is 16.4. The van der Waals surface area contributed by atoms with Crippen LogP contribution in [0.1, 0.15) is 44.1 Å². The normalized spacial score (nSPS) is 18.9. The number of hydrogen-bond acceptors (Lipinski definition) is 3. The van der Waals surface area contributed by atoms with Crippen molar-refractivity contribution in [3.63, 3.8) is 0 Å². The largest absolute Gasteiger partial charge is 0.392 e. The minimum absolute atomic E-state index is 0.250. The van der Waals surface area contributed by atoms with Crippen LogP contribution < -0.4 is 10.5 Å². The quantitative estimate of drug-likeness (QED) is 0.659.